The number of carbonyl (C=O) groups excluding carboxylic acids is 1. The normalized spacial score (nSPS) is 11.7. The third-order valence-corrected chi connectivity index (χ3v) is 5.74. The lowest BCUT2D eigenvalue weighted by Gasteiger charge is -2.10. The lowest BCUT2D eigenvalue weighted by molar-refractivity contribution is 0.0977. The number of fused-ring (bicyclic) bond motifs is 1. The number of methoxy groups -OCH3 is 1. The van der Waals surface area contributed by atoms with Crippen LogP contribution in [0.5, 0.6) is 5.75 Å². The molecule has 0 unspecified atom stereocenters. The molecular weight excluding hydrogens is 434 g/mol. The first-order valence-electron chi connectivity index (χ1n) is 10.7. The molecule has 7 heteroatoms. The van der Waals surface area contributed by atoms with Crippen molar-refractivity contribution in [1.29, 1.82) is 0 Å². The first-order chi connectivity index (χ1) is 16.0. The zero-order chi connectivity index (χ0) is 23.4. The maximum absolute atomic E-state index is 12.4. The first-order valence-corrected chi connectivity index (χ1v) is 11.1. The first kappa shape index (κ1) is 22.5. The second kappa shape index (κ2) is 9.83. The maximum atomic E-state index is 12.4. The lowest BCUT2D eigenvalue weighted by atomic mass is 9.98. The molecule has 0 aliphatic rings. The van der Waals surface area contributed by atoms with E-state index in [2.05, 4.69) is 41.6 Å². The molecule has 0 aliphatic carbocycles. The number of hydrogen-bond acceptors (Lipinski definition) is 5. The average molecular weight is 460 g/mol. The fourth-order valence-electron chi connectivity index (χ4n) is 3.42. The monoisotopic (exact) mass is 459 g/mol. The Hall–Kier alpha value is -3.71. The molecule has 0 fully saturated rings. The Kier molecular flexibility index (Phi) is 6.70. The Morgan fingerprint density at radius 3 is 2.64 bits per heavy atom. The number of oxazole rings is 1. The van der Waals surface area contributed by atoms with Crippen LogP contribution in [-0.4, -0.2) is 23.1 Å². The Labute approximate surface area is 198 Å². The molecule has 1 amide bonds. The van der Waals surface area contributed by atoms with Gasteiger partial charge in [-0.3, -0.25) is 10.1 Å². The predicted octanol–water partition coefficient (Wildman–Crippen LogP) is 6.14. The van der Waals surface area contributed by atoms with E-state index in [1.807, 2.05) is 30.3 Å². The molecule has 0 radical (unpaired) electrons. The summed E-state index contributed by atoms with van der Waals surface area (Å²) in [6, 6.07) is 20.5. The number of rotatable bonds is 6. The fourth-order valence-corrected chi connectivity index (χ4v) is 3.63. The largest absolute Gasteiger partial charge is 0.497 e. The third-order valence-electron chi connectivity index (χ3n) is 5.54. The van der Waals surface area contributed by atoms with Crippen LogP contribution in [0.25, 0.3) is 22.6 Å². The topological polar surface area (TPSA) is 76.4 Å². The van der Waals surface area contributed by atoms with E-state index in [0.29, 0.717) is 23.1 Å². The summed E-state index contributed by atoms with van der Waals surface area (Å²) in [5.41, 5.74) is 4.84. The van der Waals surface area contributed by atoms with E-state index in [4.69, 9.17) is 21.4 Å². The second-order valence-electron chi connectivity index (χ2n) is 7.77. The van der Waals surface area contributed by atoms with Crippen molar-refractivity contribution in [3.63, 3.8) is 0 Å². The minimum absolute atomic E-state index is 0.198. The molecule has 0 aliphatic heterocycles. The minimum atomic E-state index is -0.303. The number of nitrogens with one attached hydrogen (secondary N) is 2. The lowest BCUT2D eigenvalue weighted by Crippen LogP contribution is -2.34. The molecular formula is C26H25N3O3S. The number of benzene rings is 3. The Morgan fingerprint density at radius 1 is 1.12 bits per heavy atom. The van der Waals surface area contributed by atoms with Crippen LogP contribution in [0.1, 0.15) is 42.1 Å². The second-order valence-corrected chi connectivity index (χ2v) is 8.18. The number of amides is 1. The molecule has 6 nitrogen and oxygen atoms in total. The third kappa shape index (κ3) is 5.21. The van der Waals surface area contributed by atoms with E-state index in [0.717, 1.165) is 28.8 Å². The molecule has 2 N–H and O–H groups in total. The van der Waals surface area contributed by atoms with E-state index >= 15 is 0 Å². The van der Waals surface area contributed by atoms with Gasteiger partial charge in [0.05, 0.1) is 7.11 Å². The van der Waals surface area contributed by atoms with Gasteiger partial charge in [-0.2, -0.15) is 0 Å². The van der Waals surface area contributed by atoms with E-state index in [9.17, 15) is 4.79 Å². The molecule has 0 saturated carbocycles. The van der Waals surface area contributed by atoms with Gasteiger partial charge in [-0.05, 0) is 84.7 Å². The maximum Gasteiger partial charge on any atom is 0.257 e. The van der Waals surface area contributed by atoms with Gasteiger partial charge in [0.15, 0.2) is 10.7 Å². The van der Waals surface area contributed by atoms with Crippen molar-refractivity contribution in [2.24, 2.45) is 0 Å². The summed E-state index contributed by atoms with van der Waals surface area (Å²) >= 11 is 5.32. The Morgan fingerprint density at radius 2 is 1.91 bits per heavy atom. The smallest absolute Gasteiger partial charge is 0.257 e. The van der Waals surface area contributed by atoms with Crippen LogP contribution in [0.3, 0.4) is 0 Å². The zero-order valence-electron chi connectivity index (χ0n) is 18.7. The molecule has 1 heterocycles. The highest BCUT2D eigenvalue weighted by Crippen LogP contribution is 2.29. The van der Waals surface area contributed by atoms with Gasteiger partial charge < -0.3 is 14.5 Å². The van der Waals surface area contributed by atoms with Crippen molar-refractivity contribution >= 4 is 40.0 Å². The van der Waals surface area contributed by atoms with E-state index < -0.39 is 0 Å². The van der Waals surface area contributed by atoms with Crippen LogP contribution in [-0.2, 0) is 0 Å². The number of thiocarbonyl (C=S) groups is 1. The quantitative estimate of drug-likeness (QED) is 0.337. The van der Waals surface area contributed by atoms with Crippen LogP contribution >= 0.6 is 12.2 Å². The highest BCUT2D eigenvalue weighted by molar-refractivity contribution is 7.80. The molecule has 4 rings (SSSR count). The van der Waals surface area contributed by atoms with Gasteiger partial charge in [0.2, 0.25) is 5.89 Å². The minimum Gasteiger partial charge on any atom is -0.497 e. The zero-order valence-corrected chi connectivity index (χ0v) is 19.5. The van der Waals surface area contributed by atoms with Crippen molar-refractivity contribution in [1.82, 2.24) is 10.3 Å². The SMILES string of the molecule is CC[C@@H](C)c1ccc2oc(-c3cccc(NC(=S)NC(=O)c4ccc(OC)cc4)c3)nc2c1. The van der Waals surface area contributed by atoms with Crippen LogP contribution in [0, 0.1) is 0 Å². The van der Waals surface area contributed by atoms with Crippen molar-refractivity contribution in [3.05, 3.63) is 77.9 Å². The number of nitrogens with zero attached hydrogens (tertiary/aromatic N) is 1. The van der Waals surface area contributed by atoms with Gasteiger partial charge in [0.1, 0.15) is 11.3 Å². The van der Waals surface area contributed by atoms with Gasteiger partial charge in [0, 0.05) is 16.8 Å². The van der Waals surface area contributed by atoms with E-state index in [1.165, 1.54) is 5.56 Å². The van der Waals surface area contributed by atoms with Crippen LogP contribution in [0.15, 0.2) is 71.1 Å². The van der Waals surface area contributed by atoms with Gasteiger partial charge in [0.25, 0.3) is 5.91 Å². The predicted molar refractivity (Wildman–Crippen MR) is 135 cm³/mol. The number of ether oxygens (including phenoxy) is 1. The highest BCUT2D eigenvalue weighted by atomic mass is 32.1. The summed E-state index contributed by atoms with van der Waals surface area (Å²) in [6.45, 7) is 4.37. The summed E-state index contributed by atoms with van der Waals surface area (Å²) in [7, 11) is 1.58. The van der Waals surface area contributed by atoms with Crippen molar-refractivity contribution in [3.8, 4) is 17.2 Å². The molecule has 33 heavy (non-hydrogen) atoms. The van der Waals surface area contributed by atoms with E-state index in [-0.39, 0.29) is 11.0 Å². The standard InChI is InChI=1S/C26H25N3O3S/c1-4-16(2)18-10-13-23-22(15-18)28-25(32-23)19-6-5-7-20(14-19)27-26(33)29-24(30)17-8-11-21(31-3)12-9-17/h5-16H,4H2,1-3H3,(H2,27,29,30,33)/t16-/m1/s1. The number of hydrogen-bond donors (Lipinski definition) is 2. The van der Waals surface area contributed by atoms with Crippen molar-refractivity contribution in [2.75, 3.05) is 12.4 Å². The van der Waals surface area contributed by atoms with Gasteiger partial charge in [-0.15, -0.1) is 0 Å². The van der Waals surface area contributed by atoms with Crippen molar-refractivity contribution in [2.45, 2.75) is 26.2 Å². The van der Waals surface area contributed by atoms with Gasteiger partial charge in [-0.25, -0.2) is 4.98 Å². The molecule has 0 bridgehead atoms. The van der Waals surface area contributed by atoms with Crippen LogP contribution < -0.4 is 15.4 Å². The summed E-state index contributed by atoms with van der Waals surface area (Å²) in [5, 5.41) is 5.93. The van der Waals surface area contributed by atoms with Crippen LogP contribution in [0.2, 0.25) is 0 Å². The summed E-state index contributed by atoms with van der Waals surface area (Å²) in [6.07, 6.45) is 1.07. The Balaban J connectivity index is 1.47. The average Bonchev–Trinajstić information content (AvgIpc) is 3.27. The molecule has 4 aromatic rings. The van der Waals surface area contributed by atoms with Crippen molar-refractivity contribution < 1.29 is 13.9 Å². The van der Waals surface area contributed by atoms with Gasteiger partial charge >= 0.3 is 0 Å². The van der Waals surface area contributed by atoms with Crippen LogP contribution in [0.4, 0.5) is 5.69 Å². The van der Waals surface area contributed by atoms with E-state index in [1.54, 1.807) is 31.4 Å². The molecule has 0 spiro atoms. The molecule has 3 aromatic carbocycles. The Bertz CT molecular complexity index is 1300. The summed E-state index contributed by atoms with van der Waals surface area (Å²) in [5.74, 6) is 1.38. The number of aromatic nitrogens is 1. The number of anilines is 1. The molecule has 1 atom stereocenters. The molecule has 0 saturated heterocycles. The molecule has 168 valence electrons. The highest BCUT2D eigenvalue weighted by Gasteiger charge is 2.12. The number of carbonyl (C=O) groups is 1. The summed E-state index contributed by atoms with van der Waals surface area (Å²) in [4.78, 5) is 17.1. The van der Waals surface area contributed by atoms with Gasteiger partial charge in [-0.1, -0.05) is 26.0 Å². The fraction of sp³-hybridized carbons (Fsp3) is 0.192. The summed E-state index contributed by atoms with van der Waals surface area (Å²) < 4.78 is 11.1. The molecule has 1 aromatic heterocycles.